The minimum absolute atomic E-state index is 0. The average molecular weight is 606 g/mol. The van der Waals surface area contributed by atoms with Gasteiger partial charge in [0.05, 0.1) is 5.69 Å². The van der Waals surface area contributed by atoms with Gasteiger partial charge in [-0.15, -0.1) is 0 Å². The normalized spacial score (nSPS) is 11.7. The summed E-state index contributed by atoms with van der Waals surface area (Å²) in [6.45, 7) is 21.8. The van der Waals surface area contributed by atoms with Crippen LogP contribution in [0.2, 0.25) is 0 Å². The maximum absolute atomic E-state index is 4.95. The van der Waals surface area contributed by atoms with Crippen LogP contribution >= 0.6 is 0 Å². The molecule has 0 spiro atoms. The molecule has 6 heteroatoms. The van der Waals surface area contributed by atoms with E-state index in [4.69, 9.17) is 4.99 Å². The molecule has 0 fully saturated rings. The number of pyridine rings is 1. The van der Waals surface area contributed by atoms with Crippen molar-refractivity contribution in [3.05, 3.63) is 88.7 Å². The topological polar surface area (TPSA) is 37.6 Å². The van der Waals surface area contributed by atoms with Crippen LogP contribution in [0.15, 0.2) is 70.9 Å². The van der Waals surface area contributed by atoms with Gasteiger partial charge >= 0.3 is 107 Å². The van der Waals surface area contributed by atoms with Gasteiger partial charge in [-0.2, -0.15) is 0 Å². The van der Waals surface area contributed by atoms with Gasteiger partial charge in [-0.05, 0) is 36.0 Å². The first-order chi connectivity index (χ1) is 17.4. The van der Waals surface area contributed by atoms with Crippen LogP contribution in [-0.4, -0.2) is 15.3 Å². The quantitative estimate of drug-likeness (QED) is 0.376. The van der Waals surface area contributed by atoms with Crippen molar-refractivity contribution in [1.29, 1.82) is 0 Å². The molecule has 0 saturated heterocycles. The summed E-state index contributed by atoms with van der Waals surface area (Å²) in [5, 5.41) is 0. The summed E-state index contributed by atoms with van der Waals surface area (Å²) < 4.78 is 0.995. The van der Waals surface area contributed by atoms with Gasteiger partial charge < -0.3 is 24.8 Å². The zero-order chi connectivity index (χ0) is 27.7. The molecule has 0 aliphatic rings. The summed E-state index contributed by atoms with van der Waals surface area (Å²) in [6, 6.07) is 17.0. The predicted molar refractivity (Wildman–Crippen MR) is 158 cm³/mol. The van der Waals surface area contributed by atoms with Crippen molar-refractivity contribution in [2.75, 3.05) is 0 Å². The molecule has 0 amide bonds. The molecule has 0 bridgehead atoms. The van der Waals surface area contributed by atoms with E-state index in [2.05, 4.69) is 131 Å². The Morgan fingerprint density at radius 3 is 1.31 bits per heavy atom. The summed E-state index contributed by atoms with van der Waals surface area (Å²) in [5.41, 5.74) is 9.66. The van der Waals surface area contributed by atoms with Gasteiger partial charge in [0.15, 0.2) is 0 Å². The molecule has 3 rings (SSSR count). The summed E-state index contributed by atoms with van der Waals surface area (Å²) in [4.78, 5) is 13.8. The third kappa shape index (κ3) is 10.9. The van der Waals surface area contributed by atoms with Crippen LogP contribution in [0.4, 0.5) is 11.4 Å². The SMILES string of the molecule is CC(=Nc1c(C(C)C)cccc1C(C)C)c1cccnc1.C[C]([Cr+2])=Nc1c(C(C)C)cccc1C(C)C.[Cl-].[Cl-]. The summed E-state index contributed by atoms with van der Waals surface area (Å²) >= 11 is 2.97. The molecule has 1 heterocycles. The molecule has 39 heavy (non-hydrogen) atoms. The third-order valence-corrected chi connectivity index (χ3v) is 6.46. The molecule has 0 N–H and O–H groups in total. The first kappa shape index (κ1) is 37.0. The van der Waals surface area contributed by atoms with Crippen molar-refractivity contribution >= 4 is 21.7 Å². The fraction of sp³-hybridized carbons (Fsp3) is 0.424. The van der Waals surface area contributed by atoms with Gasteiger partial charge in [-0.1, -0.05) is 52.0 Å². The van der Waals surface area contributed by atoms with E-state index in [1.807, 2.05) is 19.2 Å². The minimum atomic E-state index is 0. The molecular weight excluding hydrogens is 561 g/mol. The zero-order valence-corrected chi connectivity index (χ0v) is 27.9. The second kappa shape index (κ2) is 17.7. The van der Waals surface area contributed by atoms with E-state index in [0.717, 1.165) is 27.2 Å². The molecule has 0 atom stereocenters. The zero-order valence-electron chi connectivity index (χ0n) is 25.1. The van der Waals surface area contributed by atoms with Crippen molar-refractivity contribution in [3.63, 3.8) is 0 Å². The molecule has 0 saturated carbocycles. The van der Waals surface area contributed by atoms with Gasteiger partial charge in [0.2, 0.25) is 0 Å². The van der Waals surface area contributed by atoms with Crippen LogP contribution in [0.1, 0.15) is 121 Å². The maximum Gasteiger partial charge on any atom is -1.00 e. The van der Waals surface area contributed by atoms with E-state index in [9.17, 15) is 0 Å². The number of hydrogen-bond acceptors (Lipinski definition) is 3. The number of aromatic nitrogens is 1. The Bertz CT molecular complexity index is 1160. The summed E-state index contributed by atoms with van der Waals surface area (Å²) in [7, 11) is 0. The Balaban J connectivity index is 0.000000729. The number of hydrogen-bond donors (Lipinski definition) is 0. The molecule has 3 aromatic rings. The van der Waals surface area contributed by atoms with Crippen LogP contribution in [0.5, 0.6) is 0 Å². The number of aliphatic imine (C=N–C) groups is 2. The average Bonchev–Trinajstić information content (AvgIpc) is 2.84. The Labute approximate surface area is 258 Å². The van der Waals surface area contributed by atoms with E-state index < -0.39 is 0 Å². The van der Waals surface area contributed by atoms with E-state index in [-0.39, 0.29) is 24.8 Å². The van der Waals surface area contributed by atoms with Gasteiger partial charge in [-0.3, -0.25) is 9.98 Å². The molecule has 0 aliphatic heterocycles. The second-order valence-electron chi connectivity index (χ2n) is 10.8. The number of para-hydroxylation sites is 2. The fourth-order valence-corrected chi connectivity index (χ4v) is 4.39. The molecule has 0 unspecified atom stereocenters. The van der Waals surface area contributed by atoms with Crippen molar-refractivity contribution in [2.45, 2.75) is 92.9 Å². The van der Waals surface area contributed by atoms with Crippen LogP contribution < -0.4 is 24.8 Å². The molecule has 2 aromatic carbocycles. The first-order valence-corrected chi connectivity index (χ1v) is 14.0. The Morgan fingerprint density at radius 1 is 0.615 bits per heavy atom. The Hall–Kier alpha value is -1.96. The molecule has 0 radical (unpaired) electrons. The third-order valence-electron chi connectivity index (χ3n) is 6.31. The predicted octanol–water partition coefficient (Wildman–Crippen LogP) is 4.01. The molecular formula is C33H44Cl2CrN3. The largest absolute Gasteiger partial charge is 1.00 e. The van der Waals surface area contributed by atoms with Crippen molar-refractivity contribution in [3.8, 4) is 0 Å². The van der Waals surface area contributed by atoms with Crippen LogP contribution in [0.25, 0.3) is 0 Å². The number of benzene rings is 2. The van der Waals surface area contributed by atoms with Crippen molar-refractivity contribution in [2.24, 2.45) is 9.98 Å². The van der Waals surface area contributed by atoms with E-state index >= 15 is 0 Å². The second-order valence-corrected chi connectivity index (χ2v) is 11.7. The van der Waals surface area contributed by atoms with Crippen molar-refractivity contribution in [1.82, 2.24) is 4.98 Å². The van der Waals surface area contributed by atoms with Crippen LogP contribution in [-0.2, 0) is 16.3 Å². The van der Waals surface area contributed by atoms with Crippen LogP contribution in [0.3, 0.4) is 0 Å². The summed E-state index contributed by atoms with van der Waals surface area (Å²) in [6.07, 6.45) is 3.66. The molecule has 0 aliphatic carbocycles. The molecule has 1 aromatic heterocycles. The van der Waals surface area contributed by atoms with Crippen molar-refractivity contribution < 1.29 is 41.1 Å². The van der Waals surface area contributed by atoms with Gasteiger partial charge in [-0.25, -0.2) is 0 Å². The Kier molecular flexibility index (Phi) is 16.8. The monoisotopic (exact) mass is 604 g/mol. The fourth-order valence-electron chi connectivity index (χ4n) is 4.25. The first-order valence-electron chi connectivity index (χ1n) is 13.4. The Morgan fingerprint density at radius 2 is 1.00 bits per heavy atom. The van der Waals surface area contributed by atoms with Crippen LogP contribution in [0, 0.1) is 0 Å². The van der Waals surface area contributed by atoms with Gasteiger partial charge in [0, 0.05) is 23.7 Å². The minimum Gasteiger partial charge on any atom is -1.00 e. The molecule has 211 valence electrons. The van der Waals surface area contributed by atoms with Gasteiger partial charge in [0.25, 0.3) is 0 Å². The maximum atomic E-state index is 4.95. The van der Waals surface area contributed by atoms with E-state index in [0.29, 0.717) is 23.7 Å². The standard InChI is InChI=1S/C19H24N2.C14H20N.2ClH.Cr/c1-13(2)17-9-6-10-18(14(3)4)19(17)21-15(5)16-8-7-11-20-12-16;1-6-15-14-12(10(2)3)8-7-9-13(14)11(4)5;;;/h6-14H,1-5H3;7-11H,1-5H3;2*1H;/q;;;;+2/p-2. The smallest absolute Gasteiger partial charge is 1.00 e. The van der Waals surface area contributed by atoms with E-state index in [1.54, 1.807) is 6.20 Å². The number of halogens is 2. The number of nitrogens with zero attached hydrogens (tertiary/aromatic N) is 3. The number of rotatable bonds is 7. The van der Waals surface area contributed by atoms with E-state index in [1.165, 1.54) is 22.3 Å². The van der Waals surface area contributed by atoms with Gasteiger partial charge in [0.1, 0.15) is 0 Å². The summed E-state index contributed by atoms with van der Waals surface area (Å²) in [5.74, 6) is 1.95. The molecule has 3 nitrogen and oxygen atoms in total.